The fourth-order valence-corrected chi connectivity index (χ4v) is 1.25. The molecule has 1 aliphatic rings. The van der Waals surface area contributed by atoms with E-state index in [-0.39, 0.29) is 32.0 Å². The van der Waals surface area contributed by atoms with Gasteiger partial charge in [-0.15, -0.1) is 12.4 Å². The average molecular weight is 264 g/mol. The van der Waals surface area contributed by atoms with Crippen molar-refractivity contribution in [1.29, 1.82) is 0 Å². The molecular weight excluding hydrogens is 251 g/mol. The van der Waals surface area contributed by atoms with E-state index in [1.165, 1.54) is 7.11 Å². The van der Waals surface area contributed by atoms with Crippen LogP contribution in [0.1, 0.15) is 6.42 Å². The molecule has 2 unspecified atom stereocenters. The minimum Gasteiger partial charge on any atom is -0.469 e. The van der Waals surface area contributed by atoms with Crippen molar-refractivity contribution in [3.05, 3.63) is 0 Å². The van der Waals surface area contributed by atoms with Gasteiger partial charge in [-0.25, -0.2) is 0 Å². The van der Waals surface area contributed by atoms with E-state index in [9.17, 15) is 18.0 Å². The topological polar surface area (TPSA) is 47.6 Å². The molecule has 0 saturated carbocycles. The van der Waals surface area contributed by atoms with Crippen LogP contribution in [0.5, 0.6) is 0 Å². The van der Waals surface area contributed by atoms with Gasteiger partial charge in [0.1, 0.15) is 0 Å². The number of rotatable bonds is 2. The zero-order chi connectivity index (χ0) is 11.5. The Balaban J connectivity index is 0.00000225. The lowest BCUT2D eigenvalue weighted by Crippen LogP contribution is -2.52. The van der Waals surface area contributed by atoms with E-state index in [0.29, 0.717) is 0 Å². The molecule has 4 nitrogen and oxygen atoms in total. The summed E-state index contributed by atoms with van der Waals surface area (Å²) in [5.41, 5.74) is 0. The van der Waals surface area contributed by atoms with Crippen LogP contribution in [0.4, 0.5) is 13.2 Å². The zero-order valence-corrected chi connectivity index (χ0v) is 9.36. The molecule has 0 aromatic rings. The van der Waals surface area contributed by atoms with Crippen molar-refractivity contribution in [2.45, 2.75) is 24.7 Å². The molecule has 2 atom stereocenters. The minimum atomic E-state index is -4.36. The van der Waals surface area contributed by atoms with E-state index in [4.69, 9.17) is 0 Å². The molecule has 1 fully saturated rings. The number of methoxy groups -OCH3 is 1. The SMILES string of the molecule is COC(=O)CC1COC(C(F)(F)F)CN1.Cl. The number of carbonyl (C=O) groups excluding carboxylic acids is 1. The highest BCUT2D eigenvalue weighted by Crippen LogP contribution is 2.24. The number of morpholine rings is 1. The second-order valence-corrected chi connectivity index (χ2v) is 3.25. The van der Waals surface area contributed by atoms with Crippen molar-refractivity contribution in [1.82, 2.24) is 5.32 Å². The molecule has 1 rings (SSSR count). The van der Waals surface area contributed by atoms with Crippen LogP contribution in [0.25, 0.3) is 0 Å². The van der Waals surface area contributed by atoms with Crippen LogP contribution < -0.4 is 5.32 Å². The first-order valence-corrected chi connectivity index (χ1v) is 4.42. The number of alkyl halides is 3. The molecule has 1 heterocycles. The molecule has 1 aliphatic heterocycles. The van der Waals surface area contributed by atoms with Crippen LogP contribution in [-0.2, 0) is 14.3 Å². The molecule has 0 radical (unpaired) electrons. The Bertz CT molecular complexity index is 229. The third-order valence-electron chi connectivity index (χ3n) is 2.10. The molecule has 0 amide bonds. The van der Waals surface area contributed by atoms with Crippen LogP contribution in [0.2, 0.25) is 0 Å². The highest BCUT2D eigenvalue weighted by Gasteiger charge is 2.43. The fourth-order valence-electron chi connectivity index (χ4n) is 1.25. The van der Waals surface area contributed by atoms with Gasteiger partial charge in [-0.1, -0.05) is 0 Å². The Kier molecular flexibility index (Phi) is 6.06. The number of esters is 1. The summed E-state index contributed by atoms with van der Waals surface area (Å²) in [5.74, 6) is -0.471. The first-order chi connectivity index (χ1) is 6.93. The van der Waals surface area contributed by atoms with Crippen molar-refractivity contribution < 1.29 is 27.4 Å². The number of halogens is 4. The van der Waals surface area contributed by atoms with E-state index in [0.717, 1.165) is 0 Å². The predicted molar refractivity (Wildman–Crippen MR) is 51.5 cm³/mol. The lowest BCUT2D eigenvalue weighted by molar-refractivity contribution is -0.229. The van der Waals surface area contributed by atoms with Crippen LogP contribution in [-0.4, -0.2) is 44.6 Å². The van der Waals surface area contributed by atoms with Gasteiger partial charge < -0.3 is 14.8 Å². The number of carbonyl (C=O) groups is 1. The van der Waals surface area contributed by atoms with Gasteiger partial charge in [-0.2, -0.15) is 13.2 Å². The summed E-state index contributed by atoms with van der Waals surface area (Å²) in [6.45, 7) is -0.468. The Morgan fingerprint density at radius 3 is 2.56 bits per heavy atom. The smallest absolute Gasteiger partial charge is 0.415 e. The summed E-state index contributed by atoms with van der Waals surface area (Å²) in [6.07, 6.45) is -6.13. The maximum absolute atomic E-state index is 12.1. The molecule has 1 N–H and O–H groups in total. The van der Waals surface area contributed by atoms with Crippen molar-refractivity contribution in [3.8, 4) is 0 Å². The standard InChI is InChI=1S/C8H12F3NO3.ClH/c1-14-7(13)2-5-4-15-6(3-12-5)8(9,10)11;/h5-6,12H,2-4H2,1H3;1H. The maximum atomic E-state index is 12.1. The van der Waals surface area contributed by atoms with Gasteiger partial charge in [0.05, 0.1) is 20.1 Å². The van der Waals surface area contributed by atoms with E-state index in [2.05, 4.69) is 14.8 Å². The molecule has 96 valence electrons. The van der Waals surface area contributed by atoms with E-state index < -0.39 is 24.3 Å². The average Bonchev–Trinajstić information content (AvgIpc) is 2.17. The second kappa shape index (κ2) is 6.27. The van der Waals surface area contributed by atoms with Gasteiger partial charge in [0.25, 0.3) is 0 Å². The first-order valence-electron chi connectivity index (χ1n) is 4.42. The van der Waals surface area contributed by atoms with Crippen molar-refractivity contribution in [2.24, 2.45) is 0 Å². The summed E-state index contributed by atoms with van der Waals surface area (Å²) < 4.78 is 45.4. The maximum Gasteiger partial charge on any atom is 0.415 e. The van der Waals surface area contributed by atoms with E-state index in [1.54, 1.807) is 0 Å². The minimum absolute atomic E-state index is 0. The molecule has 16 heavy (non-hydrogen) atoms. The predicted octanol–water partition coefficient (Wildman–Crippen LogP) is 0.891. The normalized spacial score (nSPS) is 25.8. The summed E-state index contributed by atoms with van der Waals surface area (Å²) in [6, 6.07) is -0.406. The van der Waals surface area contributed by atoms with E-state index in [1.807, 2.05) is 0 Å². The summed E-state index contributed by atoms with van der Waals surface area (Å²) in [7, 11) is 1.23. The number of nitrogens with one attached hydrogen (secondary N) is 1. The third kappa shape index (κ3) is 4.54. The Hall–Kier alpha value is -0.530. The number of hydrogen-bond acceptors (Lipinski definition) is 4. The molecule has 0 aliphatic carbocycles. The van der Waals surface area contributed by atoms with Gasteiger partial charge in [0.2, 0.25) is 0 Å². The summed E-state index contributed by atoms with van der Waals surface area (Å²) in [5, 5.41) is 2.60. The van der Waals surface area contributed by atoms with E-state index >= 15 is 0 Å². The third-order valence-corrected chi connectivity index (χ3v) is 2.10. The Morgan fingerprint density at radius 1 is 1.56 bits per heavy atom. The molecule has 0 aromatic carbocycles. The molecule has 1 saturated heterocycles. The van der Waals surface area contributed by atoms with Gasteiger partial charge in [0.15, 0.2) is 6.10 Å². The van der Waals surface area contributed by atoms with Crippen molar-refractivity contribution >= 4 is 18.4 Å². The molecule has 0 spiro atoms. The highest BCUT2D eigenvalue weighted by atomic mass is 35.5. The lowest BCUT2D eigenvalue weighted by atomic mass is 10.1. The van der Waals surface area contributed by atoms with Crippen LogP contribution in [0.3, 0.4) is 0 Å². The summed E-state index contributed by atoms with van der Waals surface area (Å²) >= 11 is 0. The largest absolute Gasteiger partial charge is 0.469 e. The van der Waals surface area contributed by atoms with Gasteiger partial charge in [-0.3, -0.25) is 4.79 Å². The van der Waals surface area contributed by atoms with Gasteiger partial charge in [0, 0.05) is 12.6 Å². The second-order valence-electron chi connectivity index (χ2n) is 3.25. The number of hydrogen-bond donors (Lipinski definition) is 1. The Labute approximate surface area is 96.9 Å². The van der Waals surface area contributed by atoms with Crippen LogP contribution >= 0.6 is 12.4 Å². The molecule has 0 aromatic heterocycles. The van der Waals surface area contributed by atoms with Gasteiger partial charge in [-0.05, 0) is 0 Å². The zero-order valence-electron chi connectivity index (χ0n) is 8.54. The fraction of sp³-hybridized carbons (Fsp3) is 0.875. The van der Waals surface area contributed by atoms with Crippen LogP contribution in [0.15, 0.2) is 0 Å². The molecule has 8 heteroatoms. The van der Waals surface area contributed by atoms with Crippen molar-refractivity contribution in [3.63, 3.8) is 0 Å². The first kappa shape index (κ1) is 15.5. The lowest BCUT2D eigenvalue weighted by Gasteiger charge is -2.30. The quantitative estimate of drug-likeness (QED) is 0.752. The molecular formula is C8H13ClF3NO3. The monoisotopic (exact) mass is 263 g/mol. The highest BCUT2D eigenvalue weighted by molar-refractivity contribution is 5.85. The number of ether oxygens (including phenoxy) is 2. The summed E-state index contributed by atoms with van der Waals surface area (Å²) in [4.78, 5) is 10.8. The van der Waals surface area contributed by atoms with Gasteiger partial charge >= 0.3 is 12.1 Å². The Morgan fingerprint density at radius 2 is 2.19 bits per heavy atom. The van der Waals surface area contributed by atoms with Crippen LogP contribution in [0, 0.1) is 0 Å². The van der Waals surface area contributed by atoms with Crippen molar-refractivity contribution in [2.75, 3.05) is 20.3 Å². The molecule has 0 bridgehead atoms.